The number of methoxy groups -OCH3 is 1. The van der Waals surface area contributed by atoms with Crippen molar-refractivity contribution in [3.63, 3.8) is 0 Å². The van der Waals surface area contributed by atoms with Crippen LogP contribution < -0.4 is 10.1 Å². The average molecular weight is 365 g/mol. The SMILES string of the molecule is COc1cc2oc3c(c2cc1/C(C)=C/C(=O)NCc1ccco1)CCCC3. The van der Waals surface area contributed by atoms with E-state index in [0.29, 0.717) is 12.3 Å². The number of ether oxygens (including phenoxy) is 1. The first kappa shape index (κ1) is 17.5. The topological polar surface area (TPSA) is 64.6 Å². The zero-order valence-corrected chi connectivity index (χ0v) is 15.6. The van der Waals surface area contributed by atoms with Gasteiger partial charge in [0.15, 0.2) is 0 Å². The maximum absolute atomic E-state index is 12.3. The van der Waals surface area contributed by atoms with Crippen molar-refractivity contribution in [3.8, 4) is 5.75 Å². The molecule has 5 heteroatoms. The summed E-state index contributed by atoms with van der Waals surface area (Å²) in [6.07, 6.45) is 7.58. The number of furan rings is 2. The van der Waals surface area contributed by atoms with Gasteiger partial charge in [-0.2, -0.15) is 0 Å². The lowest BCUT2D eigenvalue weighted by Gasteiger charge is -2.11. The van der Waals surface area contributed by atoms with Crippen LogP contribution in [0.15, 0.2) is 45.4 Å². The quantitative estimate of drug-likeness (QED) is 0.670. The molecule has 0 unspecified atom stereocenters. The standard InChI is InChI=1S/C22H23NO4/c1-14(10-22(24)23-13-15-6-5-9-26-15)17-11-18-16-7-3-4-8-19(16)27-21(18)12-20(17)25-2/h5-6,9-12H,3-4,7-8,13H2,1-2H3,(H,23,24)/b14-10+. The van der Waals surface area contributed by atoms with Crippen molar-refractivity contribution < 1.29 is 18.4 Å². The van der Waals surface area contributed by atoms with E-state index < -0.39 is 0 Å². The lowest BCUT2D eigenvalue weighted by Crippen LogP contribution is -2.20. The highest BCUT2D eigenvalue weighted by molar-refractivity contribution is 5.97. The molecule has 1 aromatic carbocycles. The van der Waals surface area contributed by atoms with Gasteiger partial charge in [-0.25, -0.2) is 0 Å². The molecule has 0 saturated carbocycles. The van der Waals surface area contributed by atoms with Crippen molar-refractivity contribution in [2.75, 3.05) is 7.11 Å². The molecule has 0 spiro atoms. The zero-order valence-electron chi connectivity index (χ0n) is 15.6. The molecule has 27 heavy (non-hydrogen) atoms. The fourth-order valence-electron chi connectivity index (χ4n) is 3.68. The molecule has 0 radical (unpaired) electrons. The van der Waals surface area contributed by atoms with Crippen LogP contribution in [0, 0.1) is 0 Å². The highest BCUT2D eigenvalue weighted by Gasteiger charge is 2.20. The molecule has 1 aliphatic rings. The largest absolute Gasteiger partial charge is 0.496 e. The summed E-state index contributed by atoms with van der Waals surface area (Å²) in [5.41, 5.74) is 3.91. The third kappa shape index (κ3) is 3.50. The number of hydrogen-bond donors (Lipinski definition) is 1. The summed E-state index contributed by atoms with van der Waals surface area (Å²) < 4.78 is 16.8. The molecule has 2 heterocycles. The Bertz CT molecular complexity index is 995. The van der Waals surface area contributed by atoms with E-state index in [1.54, 1.807) is 25.5 Å². The lowest BCUT2D eigenvalue weighted by atomic mass is 9.94. The van der Waals surface area contributed by atoms with Crippen LogP contribution >= 0.6 is 0 Å². The van der Waals surface area contributed by atoms with Gasteiger partial charge in [0.05, 0.1) is 19.9 Å². The molecule has 1 aliphatic carbocycles. The highest BCUT2D eigenvalue weighted by Crippen LogP contribution is 2.37. The Morgan fingerprint density at radius 1 is 1.30 bits per heavy atom. The van der Waals surface area contributed by atoms with E-state index in [0.717, 1.165) is 46.5 Å². The lowest BCUT2D eigenvalue weighted by molar-refractivity contribution is -0.116. The van der Waals surface area contributed by atoms with E-state index in [2.05, 4.69) is 11.4 Å². The Balaban J connectivity index is 1.63. The van der Waals surface area contributed by atoms with Crippen molar-refractivity contribution in [3.05, 3.63) is 59.3 Å². The molecular formula is C22H23NO4. The molecule has 0 aliphatic heterocycles. The number of allylic oxidation sites excluding steroid dienone is 1. The number of aryl methyl sites for hydroxylation is 2. The normalized spacial score (nSPS) is 14.2. The summed E-state index contributed by atoms with van der Waals surface area (Å²) in [7, 11) is 1.64. The summed E-state index contributed by atoms with van der Waals surface area (Å²) in [5, 5.41) is 3.97. The van der Waals surface area contributed by atoms with Crippen LogP contribution in [0.1, 0.15) is 42.4 Å². The number of rotatable bonds is 5. The molecule has 0 fully saturated rings. The number of nitrogens with one attached hydrogen (secondary N) is 1. The minimum absolute atomic E-state index is 0.166. The average Bonchev–Trinajstić information content (AvgIpc) is 3.32. The summed E-state index contributed by atoms with van der Waals surface area (Å²) >= 11 is 0. The first-order chi connectivity index (χ1) is 13.2. The van der Waals surface area contributed by atoms with E-state index in [1.165, 1.54) is 18.4 Å². The minimum Gasteiger partial charge on any atom is -0.496 e. The molecule has 0 saturated heterocycles. The van der Waals surface area contributed by atoms with Crippen LogP contribution in [0.3, 0.4) is 0 Å². The summed E-state index contributed by atoms with van der Waals surface area (Å²) in [6, 6.07) is 7.65. The van der Waals surface area contributed by atoms with E-state index >= 15 is 0 Å². The Labute approximate surface area is 158 Å². The molecular weight excluding hydrogens is 342 g/mol. The smallest absolute Gasteiger partial charge is 0.244 e. The van der Waals surface area contributed by atoms with Crippen LogP contribution in [0.25, 0.3) is 16.5 Å². The second-order valence-corrected chi connectivity index (χ2v) is 6.88. The number of hydrogen-bond acceptors (Lipinski definition) is 4. The van der Waals surface area contributed by atoms with Crippen LogP contribution in [0.2, 0.25) is 0 Å². The maximum atomic E-state index is 12.3. The fraction of sp³-hybridized carbons (Fsp3) is 0.318. The van der Waals surface area contributed by atoms with Crippen LogP contribution in [-0.4, -0.2) is 13.0 Å². The molecule has 1 amide bonds. The van der Waals surface area contributed by atoms with E-state index in [4.69, 9.17) is 13.6 Å². The first-order valence-electron chi connectivity index (χ1n) is 9.27. The Morgan fingerprint density at radius 3 is 2.93 bits per heavy atom. The number of fused-ring (bicyclic) bond motifs is 3. The molecule has 3 aromatic rings. The van der Waals surface area contributed by atoms with Crippen molar-refractivity contribution >= 4 is 22.4 Å². The third-order valence-electron chi connectivity index (χ3n) is 5.07. The van der Waals surface area contributed by atoms with Gasteiger partial charge in [-0.15, -0.1) is 0 Å². The minimum atomic E-state index is -0.166. The maximum Gasteiger partial charge on any atom is 0.244 e. The number of carbonyl (C=O) groups is 1. The van der Waals surface area contributed by atoms with Gasteiger partial charge in [0.25, 0.3) is 0 Å². The Morgan fingerprint density at radius 2 is 2.15 bits per heavy atom. The van der Waals surface area contributed by atoms with E-state index in [9.17, 15) is 4.79 Å². The second kappa shape index (κ2) is 7.35. The van der Waals surface area contributed by atoms with Gasteiger partial charge in [0.1, 0.15) is 22.9 Å². The van der Waals surface area contributed by atoms with Crippen LogP contribution in [-0.2, 0) is 24.2 Å². The highest BCUT2D eigenvalue weighted by atomic mass is 16.5. The number of amides is 1. The Kier molecular flexibility index (Phi) is 4.75. The van der Waals surface area contributed by atoms with Crippen molar-refractivity contribution in [2.24, 2.45) is 0 Å². The third-order valence-corrected chi connectivity index (χ3v) is 5.07. The molecule has 1 N–H and O–H groups in total. The van der Waals surface area contributed by atoms with Crippen molar-refractivity contribution in [2.45, 2.75) is 39.2 Å². The van der Waals surface area contributed by atoms with E-state index in [-0.39, 0.29) is 5.91 Å². The number of carbonyl (C=O) groups excluding carboxylic acids is 1. The van der Waals surface area contributed by atoms with Gasteiger partial charge in [0, 0.05) is 35.1 Å². The van der Waals surface area contributed by atoms with Crippen LogP contribution in [0.5, 0.6) is 5.75 Å². The first-order valence-corrected chi connectivity index (χ1v) is 9.27. The predicted octanol–water partition coefficient (Wildman–Crippen LogP) is 4.63. The van der Waals surface area contributed by atoms with Gasteiger partial charge in [-0.1, -0.05) is 0 Å². The monoisotopic (exact) mass is 365 g/mol. The van der Waals surface area contributed by atoms with E-state index in [1.807, 2.05) is 19.1 Å². The van der Waals surface area contributed by atoms with Crippen LogP contribution in [0.4, 0.5) is 0 Å². The molecule has 0 atom stereocenters. The van der Waals surface area contributed by atoms with Gasteiger partial charge in [-0.05, 0) is 50.0 Å². The van der Waals surface area contributed by atoms with Crippen molar-refractivity contribution in [1.29, 1.82) is 0 Å². The molecule has 5 nitrogen and oxygen atoms in total. The molecule has 140 valence electrons. The Hall–Kier alpha value is -2.95. The molecule has 2 aromatic heterocycles. The second-order valence-electron chi connectivity index (χ2n) is 6.88. The zero-order chi connectivity index (χ0) is 18.8. The summed E-state index contributed by atoms with van der Waals surface area (Å²) in [6.45, 7) is 2.28. The number of benzene rings is 1. The molecule has 4 rings (SSSR count). The van der Waals surface area contributed by atoms with Gasteiger partial charge < -0.3 is 18.9 Å². The van der Waals surface area contributed by atoms with Gasteiger partial charge in [0.2, 0.25) is 5.91 Å². The van der Waals surface area contributed by atoms with Gasteiger partial charge in [-0.3, -0.25) is 4.79 Å². The van der Waals surface area contributed by atoms with Crippen molar-refractivity contribution in [1.82, 2.24) is 5.32 Å². The molecule has 0 bridgehead atoms. The predicted molar refractivity (Wildman–Crippen MR) is 104 cm³/mol. The fourth-order valence-corrected chi connectivity index (χ4v) is 3.68. The summed E-state index contributed by atoms with van der Waals surface area (Å²) in [5.74, 6) is 2.35. The summed E-state index contributed by atoms with van der Waals surface area (Å²) in [4.78, 5) is 12.3. The van der Waals surface area contributed by atoms with Gasteiger partial charge >= 0.3 is 0 Å².